The Bertz CT molecular complexity index is 1070. The molecular formula is C23H26N4O3. The number of rotatable bonds is 6. The highest BCUT2D eigenvalue weighted by Gasteiger charge is 2.44. The topological polar surface area (TPSA) is 80.3 Å². The Morgan fingerprint density at radius 3 is 2.60 bits per heavy atom. The van der Waals surface area contributed by atoms with E-state index in [9.17, 15) is 4.79 Å². The maximum Gasteiger partial charge on any atom is 0.278 e. The number of carbonyl (C=O) groups excluding carboxylic acids is 1. The van der Waals surface area contributed by atoms with Crippen LogP contribution in [0.5, 0.6) is 11.5 Å². The van der Waals surface area contributed by atoms with Crippen molar-refractivity contribution in [2.75, 3.05) is 19.1 Å². The molecule has 0 spiro atoms. The molecule has 4 rings (SSSR count). The van der Waals surface area contributed by atoms with Gasteiger partial charge in [0.2, 0.25) is 0 Å². The summed E-state index contributed by atoms with van der Waals surface area (Å²) in [4.78, 5) is 19.7. The molecule has 0 aliphatic carbocycles. The molecule has 156 valence electrons. The average molecular weight is 406 g/mol. The van der Waals surface area contributed by atoms with Crippen molar-refractivity contribution in [2.24, 2.45) is 5.92 Å². The first kappa shape index (κ1) is 19.9. The molecule has 0 fully saturated rings. The van der Waals surface area contributed by atoms with Gasteiger partial charge in [0.15, 0.2) is 0 Å². The summed E-state index contributed by atoms with van der Waals surface area (Å²) >= 11 is 0. The van der Waals surface area contributed by atoms with Gasteiger partial charge in [0.1, 0.15) is 23.0 Å². The van der Waals surface area contributed by atoms with Crippen molar-refractivity contribution in [3.8, 4) is 11.5 Å². The molecule has 3 heterocycles. The predicted molar refractivity (Wildman–Crippen MR) is 114 cm³/mol. The van der Waals surface area contributed by atoms with E-state index in [4.69, 9.17) is 9.47 Å². The number of aromatic amines is 1. The van der Waals surface area contributed by atoms with Crippen molar-refractivity contribution in [1.29, 1.82) is 0 Å². The first-order chi connectivity index (χ1) is 14.4. The summed E-state index contributed by atoms with van der Waals surface area (Å²) < 4.78 is 11.1. The normalized spacial score (nSPS) is 15.6. The number of hydrogen-bond acceptors (Lipinski definition) is 5. The van der Waals surface area contributed by atoms with E-state index >= 15 is 0 Å². The molecule has 1 amide bonds. The molecule has 1 atom stereocenters. The molecule has 7 heteroatoms. The monoisotopic (exact) mass is 406 g/mol. The number of hydrogen-bond donors (Lipinski definition) is 1. The molecule has 0 bridgehead atoms. The first-order valence-electron chi connectivity index (χ1n) is 9.99. The molecule has 0 saturated carbocycles. The SMILES string of the molecule is COc1ccc(OC)c(C2c3c(CC(C)C)n[nH]c3C(=O)N2c2ccc(C)cn2)c1. The number of H-pyrrole nitrogens is 1. The number of amides is 1. The summed E-state index contributed by atoms with van der Waals surface area (Å²) in [5, 5.41) is 7.46. The maximum atomic E-state index is 13.5. The van der Waals surface area contributed by atoms with Crippen molar-refractivity contribution in [3.63, 3.8) is 0 Å². The second-order valence-electron chi connectivity index (χ2n) is 7.94. The molecule has 1 unspecified atom stereocenters. The lowest BCUT2D eigenvalue weighted by molar-refractivity contribution is 0.0988. The van der Waals surface area contributed by atoms with Crippen LogP contribution in [0.4, 0.5) is 5.82 Å². The van der Waals surface area contributed by atoms with Crippen LogP contribution in [0.3, 0.4) is 0 Å². The summed E-state index contributed by atoms with van der Waals surface area (Å²) in [6, 6.07) is 9.03. The summed E-state index contributed by atoms with van der Waals surface area (Å²) in [6.07, 6.45) is 2.53. The molecular weight excluding hydrogens is 380 g/mol. The maximum absolute atomic E-state index is 13.5. The molecule has 1 aromatic carbocycles. The largest absolute Gasteiger partial charge is 0.497 e. The van der Waals surface area contributed by atoms with Crippen LogP contribution in [-0.2, 0) is 6.42 Å². The second kappa shape index (κ2) is 7.82. The van der Waals surface area contributed by atoms with Crippen molar-refractivity contribution in [3.05, 3.63) is 64.6 Å². The number of pyridine rings is 1. The van der Waals surface area contributed by atoms with Gasteiger partial charge in [-0.3, -0.25) is 14.8 Å². The Labute approximate surface area is 176 Å². The van der Waals surface area contributed by atoms with Gasteiger partial charge < -0.3 is 9.47 Å². The average Bonchev–Trinajstić information content (AvgIpc) is 3.26. The van der Waals surface area contributed by atoms with Gasteiger partial charge in [0.25, 0.3) is 5.91 Å². The third kappa shape index (κ3) is 3.30. The molecule has 1 aliphatic rings. The van der Waals surface area contributed by atoms with Gasteiger partial charge in [0.05, 0.1) is 26.0 Å². The lowest BCUT2D eigenvalue weighted by Crippen LogP contribution is -2.30. The summed E-state index contributed by atoms with van der Waals surface area (Å²) in [7, 11) is 3.25. The number of methoxy groups -OCH3 is 2. The fraction of sp³-hybridized carbons (Fsp3) is 0.348. The molecule has 0 radical (unpaired) electrons. The number of nitrogens with zero attached hydrogens (tertiary/aromatic N) is 3. The molecule has 1 N–H and O–H groups in total. The van der Waals surface area contributed by atoms with Crippen LogP contribution >= 0.6 is 0 Å². The van der Waals surface area contributed by atoms with Crippen LogP contribution in [0, 0.1) is 12.8 Å². The van der Waals surface area contributed by atoms with Crippen LogP contribution in [0.15, 0.2) is 36.5 Å². The van der Waals surface area contributed by atoms with Crippen molar-refractivity contribution >= 4 is 11.7 Å². The van der Waals surface area contributed by atoms with Crippen LogP contribution in [0.2, 0.25) is 0 Å². The molecule has 0 saturated heterocycles. The van der Waals surface area contributed by atoms with Gasteiger partial charge in [-0.25, -0.2) is 4.98 Å². The van der Waals surface area contributed by atoms with Crippen LogP contribution < -0.4 is 14.4 Å². The number of carbonyl (C=O) groups is 1. The summed E-state index contributed by atoms with van der Waals surface area (Å²) in [6.45, 7) is 6.24. The Morgan fingerprint density at radius 1 is 1.17 bits per heavy atom. The number of ether oxygens (including phenoxy) is 2. The van der Waals surface area contributed by atoms with Gasteiger partial charge in [0, 0.05) is 17.3 Å². The fourth-order valence-electron chi connectivity index (χ4n) is 3.94. The van der Waals surface area contributed by atoms with Gasteiger partial charge >= 0.3 is 0 Å². The summed E-state index contributed by atoms with van der Waals surface area (Å²) in [5.74, 6) is 2.19. The third-order valence-corrected chi connectivity index (χ3v) is 5.32. The number of aryl methyl sites for hydroxylation is 1. The van der Waals surface area contributed by atoms with E-state index < -0.39 is 6.04 Å². The lowest BCUT2D eigenvalue weighted by atomic mass is 9.94. The smallest absolute Gasteiger partial charge is 0.278 e. The molecule has 7 nitrogen and oxygen atoms in total. The number of nitrogens with one attached hydrogen (secondary N) is 1. The van der Waals surface area contributed by atoms with E-state index in [2.05, 4.69) is 29.0 Å². The highest BCUT2D eigenvalue weighted by Crippen LogP contribution is 2.45. The fourth-order valence-corrected chi connectivity index (χ4v) is 3.94. The van der Waals surface area contributed by atoms with Gasteiger partial charge in [-0.1, -0.05) is 19.9 Å². The van der Waals surface area contributed by atoms with Crippen LogP contribution in [-0.4, -0.2) is 35.3 Å². The third-order valence-electron chi connectivity index (χ3n) is 5.32. The summed E-state index contributed by atoms with van der Waals surface area (Å²) in [5.41, 5.74) is 4.13. The molecule has 30 heavy (non-hydrogen) atoms. The minimum atomic E-state index is -0.416. The molecule has 2 aromatic heterocycles. The van der Waals surface area contributed by atoms with Crippen molar-refractivity contribution in [1.82, 2.24) is 15.2 Å². The Hall–Kier alpha value is -3.35. The van der Waals surface area contributed by atoms with E-state index in [0.29, 0.717) is 28.9 Å². The number of anilines is 1. The zero-order chi connectivity index (χ0) is 21.4. The van der Waals surface area contributed by atoms with Gasteiger partial charge in [-0.05, 0) is 49.1 Å². The van der Waals surface area contributed by atoms with Crippen molar-refractivity contribution < 1.29 is 14.3 Å². The van der Waals surface area contributed by atoms with Crippen LogP contribution in [0.1, 0.15) is 52.8 Å². The highest BCUT2D eigenvalue weighted by atomic mass is 16.5. The number of benzene rings is 1. The van der Waals surface area contributed by atoms with E-state index in [1.807, 2.05) is 37.3 Å². The Balaban J connectivity index is 1.95. The number of aromatic nitrogens is 3. The van der Waals surface area contributed by atoms with Gasteiger partial charge in [-0.2, -0.15) is 5.10 Å². The standard InChI is InChI=1S/C23H26N4O3/c1-13(2)10-17-20-21(26-25-17)23(28)27(19-9-6-14(3)12-24-19)22(20)16-11-15(29-4)7-8-18(16)30-5/h6-9,11-13,22H,10H2,1-5H3,(H,25,26). The first-order valence-corrected chi connectivity index (χ1v) is 9.99. The quantitative estimate of drug-likeness (QED) is 0.667. The second-order valence-corrected chi connectivity index (χ2v) is 7.94. The Kier molecular flexibility index (Phi) is 5.20. The van der Waals surface area contributed by atoms with Crippen molar-refractivity contribution in [2.45, 2.75) is 33.2 Å². The highest BCUT2D eigenvalue weighted by molar-refractivity contribution is 6.10. The minimum Gasteiger partial charge on any atom is -0.497 e. The minimum absolute atomic E-state index is 0.154. The molecule has 1 aliphatic heterocycles. The zero-order valence-corrected chi connectivity index (χ0v) is 17.9. The van der Waals surface area contributed by atoms with E-state index in [1.165, 1.54) is 0 Å². The van der Waals surface area contributed by atoms with E-state index in [0.717, 1.165) is 28.8 Å². The van der Waals surface area contributed by atoms with E-state index in [1.54, 1.807) is 25.3 Å². The number of fused-ring (bicyclic) bond motifs is 1. The zero-order valence-electron chi connectivity index (χ0n) is 17.9. The lowest BCUT2D eigenvalue weighted by Gasteiger charge is -2.27. The molecule has 3 aromatic rings. The predicted octanol–water partition coefficient (Wildman–Crippen LogP) is 4.08. The Morgan fingerprint density at radius 2 is 1.97 bits per heavy atom. The van der Waals surface area contributed by atoms with E-state index in [-0.39, 0.29) is 5.91 Å². The van der Waals surface area contributed by atoms with Gasteiger partial charge in [-0.15, -0.1) is 0 Å². The van der Waals surface area contributed by atoms with Crippen LogP contribution in [0.25, 0.3) is 0 Å².